The predicted molar refractivity (Wildman–Crippen MR) is 109 cm³/mol. The smallest absolute Gasteiger partial charge is 0.348 e. The third kappa shape index (κ3) is 5.12. The molecule has 1 N–H and O–H groups in total. The zero-order valence-electron chi connectivity index (χ0n) is 15.1. The van der Waals surface area contributed by atoms with Gasteiger partial charge in [-0.1, -0.05) is 54.1 Å². The van der Waals surface area contributed by atoms with E-state index in [9.17, 15) is 9.59 Å². The van der Waals surface area contributed by atoms with Gasteiger partial charge in [-0.05, 0) is 35.4 Å². The number of ether oxygens (including phenoxy) is 2. The van der Waals surface area contributed by atoms with Gasteiger partial charge < -0.3 is 14.8 Å². The molecule has 0 aliphatic rings. The number of carbonyl (C=O) groups is 2. The van der Waals surface area contributed by atoms with E-state index in [1.807, 2.05) is 54.6 Å². The number of esters is 1. The Balaban J connectivity index is 1.70. The maximum absolute atomic E-state index is 12.4. The first-order valence-corrected chi connectivity index (χ1v) is 9.67. The molecule has 2 aromatic carbocycles. The molecule has 1 atom stereocenters. The Morgan fingerprint density at radius 3 is 2.29 bits per heavy atom. The minimum absolute atomic E-state index is 0.354. The second-order valence-electron chi connectivity index (χ2n) is 5.86. The van der Waals surface area contributed by atoms with Gasteiger partial charge in [0.15, 0.2) is 6.61 Å². The van der Waals surface area contributed by atoms with Gasteiger partial charge in [0.2, 0.25) is 0 Å². The van der Waals surface area contributed by atoms with Gasteiger partial charge in [-0.15, -0.1) is 11.3 Å². The van der Waals surface area contributed by atoms with Gasteiger partial charge >= 0.3 is 5.97 Å². The van der Waals surface area contributed by atoms with Crippen molar-refractivity contribution in [2.75, 3.05) is 13.7 Å². The van der Waals surface area contributed by atoms with Crippen LogP contribution in [0.4, 0.5) is 0 Å². The average molecular weight is 416 g/mol. The fourth-order valence-corrected chi connectivity index (χ4v) is 3.57. The van der Waals surface area contributed by atoms with Crippen molar-refractivity contribution in [1.29, 1.82) is 0 Å². The highest BCUT2D eigenvalue weighted by Crippen LogP contribution is 2.24. The van der Waals surface area contributed by atoms with Crippen LogP contribution in [0.15, 0.2) is 66.7 Å². The summed E-state index contributed by atoms with van der Waals surface area (Å²) in [5.41, 5.74) is 1.80. The molecular weight excluding hydrogens is 398 g/mol. The lowest BCUT2D eigenvalue weighted by Gasteiger charge is -2.20. The second kappa shape index (κ2) is 9.39. The number of methoxy groups -OCH3 is 1. The van der Waals surface area contributed by atoms with Crippen molar-refractivity contribution in [2.24, 2.45) is 0 Å². The molecule has 0 unspecified atom stereocenters. The van der Waals surface area contributed by atoms with E-state index < -0.39 is 11.9 Å². The molecule has 1 amide bonds. The van der Waals surface area contributed by atoms with Crippen LogP contribution in [0, 0.1) is 0 Å². The summed E-state index contributed by atoms with van der Waals surface area (Å²) in [6.07, 6.45) is 0. The molecule has 0 fully saturated rings. The van der Waals surface area contributed by atoms with Gasteiger partial charge in [0.25, 0.3) is 5.91 Å². The van der Waals surface area contributed by atoms with Crippen molar-refractivity contribution in [3.8, 4) is 5.75 Å². The van der Waals surface area contributed by atoms with Crippen molar-refractivity contribution in [1.82, 2.24) is 5.32 Å². The van der Waals surface area contributed by atoms with Crippen LogP contribution in [0.3, 0.4) is 0 Å². The molecule has 1 aromatic heterocycles. The maximum Gasteiger partial charge on any atom is 0.348 e. The highest BCUT2D eigenvalue weighted by Gasteiger charge is 2.19. The van der Waals surface area contributed by atoms with Crippen molar-refractivity contribution in [2.45, 2.75) is 6.04 Å². The first kappa shape index (κ1) is 19.9. The van der Waals surface area contributed by atoms with Crippen LogP contribution in [0.5, 0.6) is 5.75 Å². The molecule has 3 aromatic rings. The topological polar surface area (TPSA) is 64.6 Å². The fraction of sp³-hybridized carbons (Fsp3) is 0.143. The largest absolute Gasteiger partial charge is 0.497 e. The van der Waals surface area contributed by atoms with E-state index in [0.29, 0.717) is 9.21 Å². The Kier molecular flexibility index (Phi) is 6.68. The third-order valence-corrected chi connectivity index (χ3v) is 5.21. The number of halogens is 1. The van der Waals surface area contributed by atoms with Crippen LogP contribution in [0.2, 0.25) is 4.34 Å². The summed E-state index contributed by atoms with van der Waals surface area (Å²) < 4.78 is 10.8. The molecule has 1 heterocycles. The number of nitrogens with one attached hydrogen (secondary N) is 1. The van der Waals surface area contributed by atoms with Gasteiger partial charge in [0.05, 0.1) is 17.5 Å². The predicted octanol–water partition coefficient (Wildman–Crippen LogP) is 4.47. The van der Waals surface area contributed by atoms with E-state index in [4.69, 9.17) is 21.1 Å². The number of benzene rings is 2. The summed E-state index contributed by atoms with van der Waals surface area (Å²) in [6.45, 7) is -0.381. The van der Waals surface area contributed by atoms with Crippen LogP contribution in [-0.2, 0) is 9.53 Å². The van der Waals surface area contributed by atoms with E-state index in [0.717, 1.165) is 28.2 Å². The number of rotatable bonds is 7. The van der Waals surface area contributed by atoms with E-state index >= 15 is 0 Å². The van der Waals surface area contributed by atoms with Gasteiger partial charge in [0, 0.05) is 0 Å². The molecule has 0 aliphatic heterocycles. The lowest BCUT2D eigenvalue weighted by molar-refractivity contribution is -0.124. The van der Waals surface area contributed by atoms with Crippen molar-refractivity contribution < 1.29 is 19.1 Å². The first-order valence-electron chi connectivity index (χ1n) is 8.47. The van der Waals surface area contributed by atoms with Crippen LogP contribution >= 0.6 is 22.9 Å². The number of amides is 1. The van der Waals surface area contributed by atoms with Gasteiger partial charge in [-0.3, -0.25) is 4.79 Å². The van der Waals surface area contributed by atoms with Gasteiger partial charge in [-0.2, -0.15) is 0 Å². The summed E-state index contributed by atoms with van der Waals surface area (Å²) in [6, 6.07) is 19.8. The summed E-state index contributed by atoms with van der Waals surface area (Å²) >= 11 is 6.92. The number of thiophene rings is 1. The first-order chi connectivity index (χ1) is 13.6. The normalized spacial score (nSPS) is 11.5. The standard InChI is InChI=1S/C21H18ClNO4S/c1-26-16-9-7-15(8-10-16)20(14-5-3-2-4-6-14)23-19(24)13-27-21(25)17-11-12-18(22)28-17/h2-12,20H,13H2,1H3,(H,23,24)/t20-/m0/s1. The molecule has 7 heteroatoms. The molecular formula is C21H18ClNO4S. The average Bonchev–Trinajstić information content (AvgIpc) is 3.17. The molecule has 5 nitrogen and oxygen atoms in total. The number of carbonyl (C=O) groups excluding carboxylic acids is 2. The quantitative estimate of drug-likeness (QED) is 0.578. The highest BCUT2D eigenvalue weighted by atomic mass is 35.5. The summed E-state index contributed by atoms with van der Waals surface area (Å²) in [4.78, 5) is 24.8. The molecule has 3 rings (SSSR count). The third-order valence-electron chi connectivity index (χ3n) is 4.00. The Hall–Kier alpha value is -2.83. The molecule has 144 valence electrons. The lowest BCUT2D eigenvalue weighted by Crippen LogP contribution is -2.33. The van der Waals surface area contributed by atoms with E-state index in [1.54, 1.807) is 19.2 Å². The summed E-state index contributed by atoms with van der Waals surface area (Å²) in [5.74, 6) is -0.251. The Morgan fingerprint density at radius 1 is 1.00 bits per heavy atom. The Morgan fingerprint density at radius 2 is 1.68 bits per heavy atom. The summed E-state index contributed by atoms with van der Waals surface area (Å²) in [7, 11) is 1.60. The molecule has 0 saturated carbocycles. The van der Waals surface area contributed by atoms with E-state index in [2.05, 4.69) is 5.32 Å². The highest BCUT2D eigenvalue weighted by molar-refractivity contribution is 7.17. The maximum atomic E-state index is 12.4. The van der Waals surface area contributed by atoms with Gasteiger partial charge in [-0.25, -0.2) is 4.79 Å². The zero-order valence-corrected chi connectivity index (χ0v) is 16.6. The van der Waals surface area contributed by atoms with Crippen LogP contribution < -0.4 is 10.1 Å². The lowest BCUT2D eigenvalue weighted by atomic mass is 9.98. The van der Waals surface area contributed by atoms with E-state index in [1.165, 1.54) is 0 Å². The molecule has 28 heavy (non-hydrogen) atoms. The summed E-state index contributed by atoms with van der Waals surface area (Å²) in [5, 5.41) is 2.92. The molecule has 0 aliphatic carbocycles. The molecule has 0 spiro atoms. The monoisotopic (exact) mass is 415 g/mol. The van der Waals surface area contributed by atoms with Crippen LogP contribution in [-0.4, -0.2) is 25.6 Å². The fourth-order valence-electron chi connectivity index (χ4n) is 2.63. The minimum Gasteiger partial charge on any atom is -0.497 e. The van der Waals surface area contributed by atoms with Crippen molar-refractivity contribution in [3.63, 3.8) is 0 Å². The Bertz CT molecular complexity index is 941. The van der Waals surface area contributed by atoms with Crippen LogP contribution in [0.1, 0.15) is 26.8 Å². The van der Waals surface area contributed by atoms with Gasteiger partial charge in [0.1, 0.15) is 10.6 Å². The zero-order chi connectivity index (χ0) is 19.9. The molecule has 0 saturated heterocycles. The van der Waals surface area contributed by atoms with Crippen molar-refractivity contribution in [3.05, 3.63) is 87.1 Å². The van der Waals surface area contributed by atoms with Crippen molar-refractivity contribution >= 4 is 34.8 Å². The minimum atomic E-state index is -0.576. The SMILES string of the molecule is COc1ccc([C@@H](NC(=O)COC(=O)c2ccc(Cl)s2)c2ccccc2)cc1. The number of hydrogen-bond donors (Lipinski definition) is 1. The second-order valence-corrected chi connectivity index (χ2v) is 7.58. The Labute approximate surface area is 171 Å². The van der Waals surface area contributed by atoms with Crippen LogP contribution in [0.25, 0.3) is 0 Å². The molecule has 0 radical (unpaired) electrons. The van der Waals surface area contributed by atoms with E-state index in [-0.39, 0.29) is 12.6 Å². The molecule has 0 bridgehead atoms. The number of hydrogen-bond acceptors (Lipinski definition) is 5.